The molecule has 0 unspecified atom stereocenters. The van der Waals surface area contributed by atoms with Crippen molar-refractivity contribution in [2.45, 2.75) is 5.91 Å². The van der Waals surface area contributed by atoms with Crippen LogP contribution < -0.4 is 5.32 Å². The molecule has 0 saturated carbocycles. The van der Waals surface area contributed by atoms with Crippen LogP contribution in [0.2, 0.25) is 0 Å². The number of hydrogen-bond donors (Lipinski definition) is 1. The van der Waals surface area contributed by atoms with Crippen LogP contribution in [0.15, 0.2) is 42.6 Å². The van der Waals surface area contributed by atoms with Crippen molar-refractivity contribution in [2.75, 3.05) is 14.2 Å². The lowest BCUT2D eigenvalue weighted by atomic mass is 10.2. The lowest BCUT2D eigenvalue weighted by molar-refractivity contribution is -0.182. The van der Waals surface area contributed by atoms with Gasteiger partial charge in [0.1, 0.15) is 0 Å². The zero-order chi connectivity index (χ0) is 11.4. The second kappa shape index (κ2) is 4.47. The van der Waals surface area contributed by atoms with E-state index >= 15 is 0 Å². The van der Waals surface area contributed by atoms with Crippen LogP contribution >= 0.6 is 0 Å². The lowest BCUT2D eigenvalue weighted by Gasteiger charge is -2.32. The first-order valence-electron chi connectivity index (χ1n) is 4.99. The normalized spacial score (nSPS) is 17.8. The minimum Gasteiger partial charge on any atom is -0.333 e. The number of allylic oxidation sites excluding steroid dienone is 2. The number of aromatic nitrogens is 1. The molecule has 0 aromatic carbocycles. The first-order chi connectivity index (χ1) is 7.79. The van der Waals surface area contributed by atoms with Crippen molar-refractivity contribution >= 4 is 5.70 Å². The Bertz CT molecular complexity index is 408. The Labute approximate surface area is 94.6 Å². The number of pyridine rings is 1. The van der Waals surface area contributed by atoms with Gasteiger partial charge in [-0.3, -0.25) is 4.98 Å². The van der Waals surface area contributed by atoms with Crippen molar-refractivity contribution in [3.8, 4) is 0 Å². The van der Waals surface area contributed by atoms with E-state index in [1.807, 2.05) is 30.4 Å². The molecule has 0 radical (unpaired) electrons. The Hall–Kier alpha value is -1.65. The van der Waals surface area contributed by atoms with Gasteiger partial charge >= 0.3 is 0 Å². The topological polar surface area (TPSA) is 43.4 Å². The molecule has 0 aliphatic carbocycles. The van der Waals surface area contributed by atoms with Crippen molar-refractivity contribution in [3.63, 3.8) is 0 Å². The fraction of sp³-hybridized carbons (Fsp3) is 0.250. The molecule has 4 nitrogen and oxygen atoms in total. The Morgan fingerprint density at radius 3 is 2.69 bits per heavy atom. The van der Waals surface area contributed by atoms with Gasteiger partial charge in [-0.15, -0.1) is 0 Å². The zero-order valence-corrected chi connectivity index (χ0v) is 9.31. The molecule has 1 N–H and O–H groups in total. The van der Waals surface area contributed by atoms with Crippen LogP contribution in [0.1, 0.15) is 5.69 Å². The maximum absolute atomic E-state index is 5.29. The van der Waals surface area contributed by atoms with E-state index in [-0.39, 0.29) is 0 Å². The van der Waals surface area contributed by atoms with E-state index in [9.17, 15) is 0 Å². The standard InChI is InChI=1S/C12H14N2O2/c1-15-12(16-2)8-5-7-11(14-12)10-6-3-4-9-13-10/h3-9,14H,1-2H3. The second-order valence-electron chi connectivity index (χ2n) is 3.36. The molecule has 0 fully saturated rings. The van der Waals surface area contributed by atoms with Crippen LogP contribution in [0.5, 0.6) is 0 Å². The maximum Gasteiger partial charge on any atom is 0.270 e. The summed E-state index contributed by atoms with van der Waals surface area (Å²) in [5, 5.41) is 3.15. The van der Waals surface area contributed by atoms with E-state index in [1.54, 1.807) is 26.5 Å². The molecule has 16 heavy (non-hydrogen) atoms. The molecular weight excluding hydrogens is 204 g/mol. The first-order valence-corrected chi connectivity index (χ1v) is 4.99. The van der Waals surface area contributed by atoms with E-state index in [4.69, 9.17) is 9.47 Å². The van der Waals surface area contributed by atoms with Crippen LogP contribution in [0.4, 0.5) is 0 Å². The van der Waals surface area contributed by atoms with Gasteiger partial charge in [0.25, 0.3) is 5.91 Å². The van der Waals surface area contributed by atoms with E-state index in [1.165, 1.54) is 0 Å². The average molecular weight is 218 g/mol. The molecule has 1 aliphatic heterocycles. The number of nitrogens with one attached hydrogen (secondary N) is 1. The highest BCUT2D eigenvalue weighted by Crippen LogP contribution is 2.21. The van der Waals surface area contributed by atoms with Crippen molar-refractivity contribution < 1.29 is 9.47 Å². The van der Waals surface area contributed by atoms with Crippen molar-refractivity contribution in [1.82, 2.24) is 10.3 Å². The average Bonchev–Trinajstić information content (AvgIpc) is 2.40. The highest BCUT2D eigenvalue weighted by atomic mass is 16.7. The summed E-state index contributed by atoms with van der Waals surface area (Å²) in [6.07, 6.45) is 7.36. The summed E-state index contributed by atoms with van der Waals surface area (Å²) in [5.74, 6) is -0.901. The second-order valence-corrected chi connectivity index (χ2v) is 3.36. The summed E-state index contributed by atoms with van der Waals surface area (Å²) < 4.78 is 10.6. The van der Waals surface area contributed by atoms with Gasteiger partial charge in [-0.1, -0.05) is 12.1 Å². The lowest BCUT2D eigenvalue weighted by Crippen LogP contribution is -2.47. The molecular formula is C12H14N2O2. The van der Waals surface area contributed by atoms with Gasteiger partial charge in [-0.05, 0) is 24.3 Å². The Morgan fingerprint density at radius 1 is 1.25 bits per heavy atom. The van der Waals surface area contributed by atoms with E-state index in [2.05, 4.69) is 10.3 Å². The molecule has 1 aromatic rings. The summed E-state index contributed by atoms with van der Waals surface area (Å²) in [6, 6.07) is 5.74. The molecule has 1 aliphatic rings. The number of methoxy groups -OCH3 is 2. The number of ether oxygens (including phenoxy) is 2. The smallest absolute Gasteiger partial charge is 0.270 e. The monoisotopic (exact) mass is 218 g/mol. The van der Waals surface area contributed by atoms with Crippen LogP contribution in [0, 0.1) is 0 Å². The highest BCUT2D eigenvalue weighted by Gasteiger charge is 2.29. The minimum atomic E-state index is -0.901. The third-order valence-corrected chi connectivity index (χ3v) is 2.43. The molecule has 0 spiro atoms. The summed E-state index contributed by atoms with van der Waals surface area (Å²) >= 11 is 0. The molecule has 0 bridgehead atoms. The van der Waals surface area contributed by atoms with Crippen LogP contribution in [0.25, 0.3) is 5.70 Å². The third-order valence-electron chi connectivity index (χ3n) is 2.43. The molecule has 84 valence electrons. The Morgan fingerprint density at radius 2 is 2.06 bits per heavy atom. The van der Waals surface area contributed by atoms with Gasteiger partial charge in [0.15, 0.2) is 0 Å². The van der Waals surface area contributed by atoms with Gasteiger partial charge in [-0.2, -0.15) is 0 Å². The molecule has 2 rings (SSSR count). The van der Waals surface area contributed by atoms with Gasteiger partial charge in [0.2, 0.25) is 0 Å². The summed E-state index contributed by atoms with van der Waals surface area (Å²) in [5.41, 5.74) is 1.72. The number of nitrogens with zero attached hydrogens (tertiary/aromatic N) is 1. The third kappa shape index (κ3) is 1.98. The van der Waals surface area contributed by atoms with Crippen molar-refractivity contribution in [1.29, 1.82) is 0 Å². The predicted molar refractivity (Wildman–Crippen MR) is 61.2 cm³/mol. The maximum atomic E-state index is 5.29. The molecule has 2 heterocycles. The Balaban J connectivity index is 2.26. The van der Waals surface area contributed by atoms with Gasteiger partial charge in [0, 0.05) is 20.4 Å². The quantitative estimate of drug-likeness (QED) is 0.781. The Kier molecular flexibility index (Phi) is 3.03. The largest absolute Gasteiger partial charge is 0.333 e. The van der Waals surface area contributed by atoms with Crippen molar-refractivity contribution in [2.24, 2.45) is 0 Å². The van der Waals surface area contributed by atoms with Gasteiger partial charge in [-0.25, -0.2) is 0 Å². The number of hydrogen-bond acceptors (Lipinski definition) is 4. The van der Waals surface area contributed by atoms with E-state index in [0.717, 1.165) is 11.4 Å². The van der Waals surface area contributed by atoms with Crippen molar-refractivity contribution in [3.05, 3.63) is 48.3 Å². The fourth-order valence-electron chi connectivity index (χ4n) is 1.54. The molecule has 1 aromatic heterocycles. The number of dihydropyridines is 1. The van der Waals surface area contributed by atoms with Crippen LogP contribution in [-0.2, 0) is 9.47 Å². The highest BCUT2D eigenvalue weighted by molar-refractivity contribution is 5.64. The SMILES string of the molecule is COC1(OC)C=CC=C(c2ccccn2)N1. The fourth-order valence-corrected chi connectivity index (χ4v) is 1.54. The van der Waals surface area contributed by atoms with Crippen LogP contribution in [0.3, 0.4) is 0 Å². The molecule has 0 atom stereocenters. The van der Waals surface area contributed by atoms with E-state index < -0.39 is 5.91 Å². The summed E-state index contributed by atoms with van der Waals surface area (Å²) in [7, 11) is 3.17. The first kappa shape index (κ1) is 10.9. The molecule has 0 saturated heterocycles. The van der Waals surface area contributed by atoms with Gasteiger partial charge < -0.3 is 14.8 Å². The molecule has 0 amide bonds. The zero-order valence-electron chi connectivity index (χ0n) is 9.31. The summed E-state index contributed by atoms with van der Waals surface area (Å²) in [6.45, 7) is 0. The van der Waals surface area contributed by atoms with Crippen LogP contribution in [-0.4, -0.2) is 25.1 Å². The summed E-state index contributed by atoms with van der Waals surface area (Å²) in [4.78, 5) is 4.26. The minimum absolute atomic E-state index is 0.852. The number of rotatable bonds is 3. The molecule has 4 heteroatoms. The van der Waals surface area contributed by atoms with E-state index in [0.29, 0.717) is 0 Å². The van der Waals surface area contributed by atoms with Gasteiger partial charge in [0.05, 0.1) is 11.4 Å². The predicted octanol–water partition coefficient (Wildman–Crippen LogP) is 1.53.